The molecule has 6 aromatic carbocycles. The van der Waals surface area contributed by atoms with E-state index in [0.29, 0.717) is 38.5 Å². The first-order chi connectivity index (χ1) is 66.2. The Labute approximate surface area is 832 Å². The smallest absolute Gasteiger partial charge is 0.406 e. The average molecular weight is 1980 g/mol. The van der Waals surface area contributed by atoms with Gasteiger partial charge in [0.05, 0.1) is 42.7 Å². The number of benzene rings is 6. The summed E-state index contributed by atoms with van der Waals surface area (Å²) >= 11 is 0. The molecule has 6 aromatic rings. The largest absolute Gasteiger partial charge is 0.481 e. The molecule has 0 bridgehead atoms. The zero-order valence-electron chi connectivity index (χ0n) is 89.3. The first kappa shape index (κ1) is 156. The van der Waals surface area contributed by atoms with Gasteiger partial charge in [0.2, 0.25) is 53.2 Å². The van der Waals surface area contributed by atoms with Crippen LogP contribution < -0.4 is 64.6 Å². The van der Waals surface area contributed by atoms with Crippen LogP contribution in [0.1, 0.15) is 193 Å². The number of nitrogens with two attached hydrogens (primary N) is 2. The zero-order chi connectivity index (χ0) is 112. The van der Waals surface area contributed by atoms with E-state index in [1.54, 1.807) is 28.2 Å². The highest BCUT2D eigenvalue weighted by molar-refractivity contribution is 5.86. The van der Waals surface area contributed by atoms with Gasteiger partial charge >= 0.3 is 41.9 Å². The maximum Gasteiger partial charge on any atom is 0.406 e. The number of aliphatic carboxylic acids is 3. The summed E-state index contributed by atoms with van der Waals surface area (Å²) in [6, 6.07) is 52.8. The van der Waals surface area contributed by atoms with E-state index in [1.165, 1.54) is 119 Å². The maximum atomic E-state index is 11.4. The van der Waals surface area contributed by atoms with Crippen LogP contribution in [-0.2, 0) is 148 Å². The molecule has 0 saturated heterocycles. The Morgan fingerprint density at radius 2 is 0.371 bits per heavy atom. The van der Waals surface area contributed by atoms with Crippen molar-refractivity contribution in [2.24, 2.45) is 11.5 Å². The summed E-state index contributed by atoms with van der Waals surface area (Å²) in [6.45, 7) is 38.9. The molecular formula is C101H170N12O27. The fraction of sp³-hybridized carbons (Fsp3) is 0.465. The summed E-state index contributed by atoms with van der Waals surface area (Å²) in [5.41, 5.74) is 15.9. The maximum absolute atomic E-state index is 11.4. The van der Waals surface area contributed by atoms with Crippen LogP contribution in [0.2, 0.25) is 0 Å². The van der Waals surface area contributed by atoms with Gasteiger partial charge in [0.15, 0.2) is 0 Å². The predicted octanol–water partition coefficient (Wildman–Crippen LogP) is 10.1. The highest BCUT2D eigenvalue weighted by Crippen LogP contribution is 2.10. The lowest BCUT2D eigenvalue weighted by molar-refractivity contribution is -0.145. The van der Waals surface area contributed by atoms with E-state index in [9.17, 15) is 76.7 Å². The van der Waals surface area contributed by atoms with Gasteiger partial charge in [0, 0.05) is 144 Å². The summed E-state index contributed by atoms with van der Waals surface area (Å²) in [5, 5.41) is 48.2. The minimum Gasteiger partial charge on any atom is -0.481 e. The van der Waals surface area contributed by atoms with Gasteiger partial charge in [-0.05, 0) is 46.8 Å². The summed E-state index contributed by atoms with van der Waals surface area (Å²) in [4.78, 5) is 189. The lowest BCUT2D eigenvalue weighted by Crippen LogP contribution is -2.41. The van der Waals surface area contributed by atoms with E-state index >= 15 is 0 Å². The van der Waals surface area contributed by atoms with Crippen molar-refractivity contribution in [3.8, 4) is 0 Å². The molecule has 0 aliphatic carbocycles. The van der Waals surface area contributed by atoms with E-state index < -0.39 is 84.1 Å². The first-order valence-electron chi connectivity index (χ1n) is 44.6. The topological polar surface area (TPSA) is 596 Å². The van der Waals surface area contributed by atoms with Gasteiger partial charge in [0.1, 0.15) is 36.3 Å². The van der Waals surface area contributed by atoms with E-state index in [-0.39, 0.29) is 59.1 Å². The van der Waals surface area contributed by atoms with Crippen molar-refractivity contribution in [2.45, 2.75) is 234 Å². The molecule has 6 atom stereocenters. The van der Waals surface area contributed by atoms with Crippen LogP contribution in [-0.4, -0.2) is 244 Å². The Balaban J connectivity index is -0.000000104. The second-order valence-corrected chi connectivity index (χ2v) is 25.0. The quantitative estimate of drug-likeness (QED) is 0.0209. The predicted molar refractivity (Wildman–Crippen MR) is 550 cm³/mol. The lowest BCUT2D eigenvalue weighted by atomic mass is 10.1. The van der Waals surface area contributed by atoms with Crippen LogP contribution in [0.3, 0.4) is 0 Å². The van der Waals surface area contributed by atoms with E-state index in [4.69, 9.17) is 30.6 Å². The summed E-state index contributed by atoms with van der Waals surface area (Å²) in [7, 11) is 17.3. The summed E-state index contributed by atoms with van der Waals surface area (Å²) < 4.78 is 27.2. The number of carboxylic acid groups (broad SMARTS) is 3. The monoisotopic (exact) mass is 1980 g/mol. The minimum atomic E-state index is -1.02. The van der Waals surface area contributed by atoms with Crippen LogP contribution >= 0.6 is 0 Å². The fourth-order valence-electron chi connectivity index (χ4n) is 8.22. The molecule has 0 saturated carbocycles. The van der Waals surface area contributed by atoms with E-state index in [2.05, 4.69) is 87.3 Å². The number of hydrogen-bond acceptors (Lipinski definition) is 26. The molecule has 0 heterocycles. The fourth-order valence-corrected chi connectivity index (χ4v) is 8.22. The third-order valence-electron chi connectivity index (χ3n) is 14.1. The van der Waals surface area contributed by atoms with Crippen LogP contribution in [0.4, 0.5) is 4.79 Å². The molecule has 0 aliphatic heterocycles. The molecule has 17 N–H and O–H groups in total. The molecule has 39 heteroatoms. The van der Waals surface area contributed by atoms with Gasteiger partial charge in [-0.25, -0.2) is 28.8 Å². The molecule has 0 aromatic heterocycles. The second kappa shape index (κ2) is 117. The Morgan fingerprint density at radius 1 is 0.236 bits per heavy atom. The minimum absolute atomic E-state index is 0.00463. The van der Waals surface area contributed by atoms with Crippen molar-refractivity contribution in [3.05, 3.63) is 215 Å². The SMILES string of the molecule is CC.CC.CC.CC.CC.CC.CC(=O)NC(Cc1ccccc1)C(=O)O.CC(=O)O.CC(=O)O.CN.CNC(=O)OC.CNC(C)=O.CNC(C)=O.CNC(C)=O.CNC(C)=O.COC(=O)C(Cc1ccccc1)NC(C)=O.COC(=O)C(Cc1ccccc1)NC(C)=O.COC(=O)C(Cc1ccccc1)NC(C)=O.COC(=O)C(Cc1ccccc1)NC(C)=O.COC(=O)C(N)Cc1ccccc1. The summed E-state index contributed by atoms with van der Waals surface area (Å²) in [6.07, 6.45) is 2.17. The van der Waals surface area contributed by atoms with Crippen LogP contribution in [0.25, 0.3) is 0 Å². The third kappa shape index (κ3) is 122. The van der Waals surface area contributed by atoms with Gasteiger partial charge < -0.3 is 108 Å². The molecule has 0 spiro atoms. The number of esters is 5. The molecule has 6 unspecified atom stereocenters. The number of ether oxygens (including phenoxy) is 6. The number of rotatable bonds is 23. The van der Waals surface area contributed by atoms with Crippen molar-refractivity contribution in [2.75, 3.05) is 84.9 Å². The zero-order valence-corrected chi connectivity index (χ0v) is 89.3. The first-order valence-corrected chi connectivity index (χ1v) is 44.6. The average Bonchev–Trinajstić information content (AvgIpc) is 0.916. The van der Waals surface area contributed by atoms with Crippen molar-refractivity contribution >= 4 is 107 Å². The van der Waals surface area contributed by atoms with Crippen LogP contribution in [0.5, 0.6) is 0 Å². The van der Waals surface area contributed by atoms with Gasteiger partial charge in [-0.1, -0.05) is 265 Å². The summed E-state index contributed by atoms with van der Waals surface area (Å²) in [5.74, 6) is -6.08. The van der Waals surface area contributed by atoms with Crippen molar-refractivity contribution < 1.29 is 130 Å². The number of amides is 10. The lowest BCUT2D eigenvalue weighted by Gasteiger charge is -2.15. The van der Waals surface area contributed by atoms with Gasteiger partial charge in [0.25, 0.3) is 11.9 Å². The van der Waals surface area contributed by atoms with Gasteiger partial charge in [-0.15, -0.1) is 0 Å². The number of carboxylic acids is 3. The number of hydrogen-bond donors (Lipinski definition) is 15. The Hall–Kier alpha value is -14.5. The number of carbonyl (C=O) groups is 18. The Bertz CT molecular complexity index is 3720. The molecule has 6 rings (SSSR count). The molecule has 0 radical (unpaired) electrons. The Kier molecular flexibility index (Phi) is 131. The molecule has 10 amide bonds. The highest BCUT2D eigenvalue weighted by Gasteiger charge is 2.24. The molecule has 796 valence electrons. The highest BCUT2D eigenvalue weighted by atomic mass is 16.5. The van der Waals surface area contributed by atoms with E-state index in [0.717, 1.165) is 47.2 Å². The second-order valence-electron chi connectivity index (χ2n) is 25.0. The van der Waals surface area contributed by atoms with Crippen molar-refractivity contribution in [1.29, 1.82) is 0 Å². The number of alkyl carbamates (subject to hydrolysis) is 1. The van der Waals surface area contributed by atoms with Gasteiger partial charge in [-0.3, -0.25) is 57.5 Å². The number of carbonyl (C=O) groups excluding carboxylic acids is 15. The number of nitrogens with one attached hydrogen (secondary N) is 10. The molecule has 140 heavy (non-hydrogen) atoms. The van der Waals surface area contributed by atoms with E-state index in [1.807, 2.05) is 265 Å². The number of methoxy groups -OCH3 is 6. The van der Waals surface area contributed by atoms with Crippen molar-refractivity contribution in [1.82, 2.24) is 53.2 Å². The normalized spacial score (nSPS) is 9.64. The van der Waals surface area contributed by atoms with Crippen molar-refractivity contribution in [3.63, 3.8) is 0 Å². The Morgan fingerprint density at radius 3 is 0.479 bits per heavy atom. The van der Waals surface area contributed by atoms with Crippen LogP contribution in [0, 0.1) is 0 Å². The molecular weight excluding hydrogens is 1810 g/mol. The molecule has 39 nitrogen and oxygen atoms in total. The third-order valence-corrected chi connectivity index (χ3v) is 14.1. The molecule has 0 fully saturated rings. The standard InChI is InChI=1S/4C12H15NO3.C11H13NO3.C10H13NO2.C3H7NO2.4C3H7NO.2C2H4O2.6C2H6.CH5N/c4*1-9(14)13-11(12(15)16-2)8-10-6-4-3-5-7-10;1-8(13)12-10(11(14)15)7-9-5-3-2-4-6-9;1-13-10(12)9(11)7-8-5-3-2-4-6-8;1-4-3(5)6-2;4*1-3(5)4-2;2*1-2(3)4;7*1-2/h4*3-7,11H,8H2,1-2H3,(H,13,14);2-6,10H,7H2,1H3,(H,12,13)(H,14,15);2-6,9H,7,11H2,1H3;1-2H3,(H,4,5);4*1-2H3,(H,4,5);2*1H3,(H,3,4);6*1-2H3;2H2,1H3. The molecule has 0 aliphatic rings. The van der Waals surface area contributed by atoms with Gasteiger partial charge in [-0.2, -0.15) is 0 Å². The van der Waals surface area contributed by atoms with Crippen LogP contribution in [0.15, 0.2) is 182 Å².